The van der Waals surface area contributed by atoms with Crippen molar-refractivity contribution < 1.29 is 0 Å². The molecule has 3 fully saturated rings. The maximum Gasteiger partial charge on any atom is 0.0136 e. The van der Waals surface area contributed by atoms with Gasteiger partial charge >= 0.3 is 0 Å². The highest BCUT2D eigenvalue weighted by Crippen LogP contribution is 2.34. The normalized spacial score (nSPS) is 37.3. The van der Waals surface area contributed by atoms with Gasteiger partial charge in [0.2, 0.25) is 0 Å². The Kier molecular flexibility index (Phi) is 3.21. The molecule has 1 aliphatic heterocycles. The van der Waals surface area contributed by atoms with Crippen LogP contribution in [0.1, 0.15) is 45.4 Å². The highest BCUT2D eigenvalue weighted by Gasteiger charge is 2.37. The predicted molar refractivity (Wildman–Crippen MR) is 67.5 cm³/mol. The first kappa shape index (κ1) is 11.0. The van der Waals surface area contributed by atoms with Gasteiger partial charge in [0.05, 0.1) is 0 Å². The van der Waals surface area contributed by atoms with Crippen molar-refractivity contribution in [3.05, 3.63) is 0 Å². The first-order valence-corrected chi connectivity index (χ1v) is 7.30. The average molecular weight is 222 g/mol. The molecule has 2 unspecified atom stereocenters. The predicted octanol–water partition coefficient (Wildman–Crippen LogP) is 2.25. The van der Waals surface area contributed by atoms with Gasteiger partial charge in [-0.05, 0) is 70.0 Å². The molecule has 0 bridgehead atoms. The van der Waals surface area contributed by atoms with Crippen molar-refractivity contribution in [1.29, 1.82) is 0 Å². The molecule has 2 saturated carbocycles. The molecule has 1 heterocycles. The van der Waals surface area contributed by atoms with Crippen molar-refractivity contribution in [2.24, 2.45) is 11.8 Å². The van der Waals surface area contributed by atoms with Crippen molar-refractivity contribution in [2.45, 2.75) is 57.5 Å². The molecule has 92 valence electrons. The quantitative estimate of drug-likeness (QED) is 0.785. The van der Waals surface area contributed by atoms with Crippen LogP contribution in [0.15, 0.2) is 0 Å². The molecule has 1 N–H and O–H groups in total. The Morgan fingerprint density at radius 3 is 2.31 bits per heavy atom. The molecule has 0 radical (unpaired) electrons. The summed E-state index contributed by atoms with van der Waals surface area (Å²) in [6, 6.07) is 1.82. The Labute approximate surface area is 99.8 Å². The number of nitrogens with one attached hydrogen (secondary N) is 1. The van der Waals surface area contributed by atoms with E-state index < -0.39 is 0 Å². The topological polar surface area (TPSA) is 15.3 Å². The number of hydrogen-bond donors (Lipinski definition) is 1. The summed E-state index contributed by atoms with van der Waals surface area (Å²) in [5, 5.41) is 3.71. The zero-order valence-corrected chi connectivity index (χ0v) is 10.6. The molecule has 0 aromatic heterocycles. The fraction of sp³-hybridized carbons (Fsp3) is 1.00. The summed E-state index contributed by atoms with van der Waals surface area (Å²) in [6.45, 7) is 6.43. The summed E-state index contributed by atoms with van der Waals surface area (Å²) in [7, 11) is 0. The highest BCUT2D eigenvalue weighted by atomic mass is 15.2. The molecule has 3 aliphatic rings. The van der Waals surface area contributed by atoms with Crippen LogP contribution in [0.2, 0.25) is 0 Å². The minimum Gasteiger partial charge on any atom is -0.314 e. The minimum absolute atomic E-state index is 0.891. The summed E-state index contributed by atoms with van der Waals surface area (Å²) in [4.78, 5) is 2.78. The van der Waals surface area contributed by atoms with Crippen LogP contribution in [0, 0.1) is 11.8 Å². The molecule has 2 aliphatic carbocycles. The van der Waals surface area contributed by atoms with Crippen molar-refractivity contribution in [3.63, 3.8) is 0 Å². The van der Waals surface area contributed by atoms with Gasteiger partial charge in [0.15, 0.2) is 0 Å². The molecule has 16 heavy (non-hydrogen) atoms. The third kappa shape index (κ3) is 2.43. The standard InChI is InChI=1S/C14H26N2/c1-11-6-8-16(9-7-11)14-5-2-12(14)10-15-13-3-4-13/h11-15H,2-10H2,1H3. The molecule has 2 atom stereocenters. The van der Waals surface area contributed by atoms with Gasteiger partial charge in [0.25, 0.3) is 0 Å². The third-order valence-corrected chi connectivity index (χ3v) is 4.91. The highest BCUT2D eigenvalue weighted by molar-refractivity contribution is 4.93. The van der Waals surface area contributed by atoms with Gasteiger partial charge in [-0.25, -0.2) is 0 Å². The molecule has 0 aromatic rings. The van der Waals surface area contributed by atoms with Crippen LogP contribution in [0.4, 0.5) is 0 Å². The van der Waals surface area contributed by atoms with E-state index in [9.17, 15) is 0 Å². The van der Waals surface area contributed by atoms with E-state index in [1.54, 1.807) is 0 Å². The SMILES string of the molecule is CC1CCN(C2CCC2CNC2CC2)CC1. The van der Waals surface area contributed by atoms with E-state index in [1.165, 1.54) is 58.2 Å². The van der Waals surface area contributed by atoms with E-state index in [2.05, 4.69) is 17.1 Å². The fourth-order valence-electron chi connectivity index (χ4n) is 3.24. The molecule has 0 aromatic carbocycles. The molecule has 2 nitrogen and oxygen atoms in total. The largest absolute Gasteiger partial charge is 0.314 e. The van der Waals surface area contributed by atoms with E-state index in [0.717, 1.165) is 23.9 Å². The summed E-state index contributed by atoms with van der Waals surface area (Å²) >= 11 is 0. The summed E-state index contributed by atoms with van der Waals surface area (Å²) < 4.78 is 0. The third-order valence-electron chi connectivity index (χ3n) is 4.91. The van der Waals surface area contributed by atoms with Crippen LogP contribution in [-0.4, -0.2) is 36.6 Å². The molecule has 1 saturated heterocycles. The summed E-state index contributed by atoms with van der Waals surface area (Å²) in [5.74, 6) is 1.94. The molecule has 0 amide bonds. The van der Waals surface area contributed by atoms with E-state index in [4.69, 9.17) is 0 Å². The number of rotatable bonds is 4. The van der Waals surface area contributed by atoms with E-state index >= 15 is 0 Å². The summed E-state index contributed by atoms with van der Waals surface area (Å²) in [5.41, 5.74) is 0. The van der Waals surface area contributed by atoms with Crippen LogP contribution in [0.3, 0.4) is 0 Å². The van der Waals surface area contributed by atoms with Gasteiger partial charge in [0, 0.05) is 12.1 Å². The van der Waals surface area contributed by atoms with Gasteiger partial charge in [-0.15, -0.1) is 0 Å². The molecule has 3 rings (SSSR count). The zero-order chi connectivity index (χ0) is 11.0. The first-order valence-electron chi connectivity index (χ1n) is 7.30. The average Bonchev–Trinajstić information content (AvgIpc) is 3.04. The molecule has 0 spiro atoms. The maximum absolute atomic E-state index is 3.71. The Hall–Kier alpha value is -0.0800. The monoisotopic (exact) mass is 222 g/mol. The van der Waals surface area contributed by atoms with Crippen LogP contribution >= 0.6 is 0 Å². The number of nitrogens with zero attached hydrogens (tertiary/aromatic N) is 1. The molecular weight excluding hydrogens is 196 g/mol. The maximum atomic E-state index is 3.71. The Morgan fingerprint density at radius 1 is 1.00 bits per heavy atom. The molecule has 2 heteroatoms. The van der Waals surface area contributed by atoms with Crippen LogP contribution in [0.5, 0.6) is 0 Å². The van der Waals surface area contributed by atoms with Gasteiger partial charge in [-0.3, -0.25) is 0 Å². The van der Waals surface area contributed by atoms with Gasteiger partial charge < -0.3 is 10.2 Å². The molecular formula is C14H26N2. The fourth-order valence-corrected chi connectivity index (χ4v) is 3.24. The van der Waals surface area contributed by atoms with Crippen molar-refractivity contribution in [1.82, 2.24) is 10.2 Å². The van der Waals surface area contributed by atoms with Gasteiger partial charge in [0.1, 0.15) is 0 Å². The Balaban J connectivity index is 1.43. The second-order valence-electron chi connectivity index (χ2n) is 6.31. The van der Waals surface area contributed by atoms with E-state index in [1.807, 2.05) is 0 Å². The number of hydrogen-bond acceptors (Lipinski definition) is 2. The van der Waals surface area contributed by atoms with Crippen molar-refractivity contribution >= 4 is 0 Å². The summed E-state index contributed by atoms with van der Waals surface area (Å²) in [6.07, 6.45) is 8.65. The van der Waals surface area contributed by atoms with E-state index in [0.29, 0.717) is 0 Å². The van der Waals surface area contributed by atoms with Crippen molar-refractivity contribution in [2.75, 3.05) is 19.6 Å². The van der Waals surface area contributed by atoms with Crippen LogP contribution in [-0.2, 0) is 0 Å². The Morgan fingerprint density at radius 2 is 1.75 bits per heavy atom. The second kappa shape index (κ2) is 4.66. The second-order valence-corrected chi connectivity index (χ2v) is 6.31. The van der Waals surface area contributed by atoms with Crippen molar-refractivity contribution in [3.8, 4) is 0 Å². The zero-order valence-electron chi connectivity index (χ0n) is 10.6. The number of likely N-dealkylation sites (tertiary alicyclic amines) is 1. The lowest BCUT2D eigenvalue weighted by Crippen LogP contribution is -2.52. The van der Waals surface area contributed by atoms with E-state index in [-0.39, 0.29) is 0 Å². The van der Waals surface area contributed by atoms with Gasteiger partial charge in [-0.1, -0.05) is 6.92 Å². The number of piperidine rings is 1. The lowest BCUT2D eigenvalue weighted by Gasteiger charge is -2.47. The lowest BCUT2D eigenvalue weighted by atomic mass is 9.77. The van der Waals surface area contributed by atoms with Crippen LogP contribution < -0.4 is 5.32 Å². The minimum atomic E-state index is 0.891. The Bertz CT molecular complexity index is 229. The first-order chi connectivity index (χ1) is 7.83. The van der Waals surface area contributed by atoms with Crippen LogP contribution in [0.25, 0.3) is 0 Å². The smallest absolute Gasteiger partial charge is 0.0136 e. The lowest BCUT2D eigenvalue weighted by molar-refractivity contribution is 0.0364. The van der Waals surface area contributed by atoms with Gasteiger partial charge in [-0.2, -0.15) is 0 Å².